The fourth-order valence-electron chi connectivity index (χ4n) is 1.14. The van der Waals surface area contributed by atoms with E-state index in [9.17, 15) is 9.59 Å². The first-order valence-corrected chi connectivity index (χ1v) is 5.91. The lowest BCUT2D eigenvalue weighted by molar-refractivity contribution is -0.145. The van der Waals surface area contributed by atoms with Gasteiger partial charge in [-0.1, -0.05) is 6.92 Å². The Balaban J connectivity index is 4.22. The predicted octanol–water partition coefficient (Wildman–Crippen LogP) is 0.919. The number of hydrogen-bond donors (Lipinski definition) is 1. The van der Waals surface area contributed by atoms with Crippen LogP contribution in [0.4, 0.5) is 0 Å². The number of rotatable bonds is 6. The second kappa shape index (κ2) is 6.70. The molecule has 0 fully saturated rings. The van der Waals surface area contributed by atoms with Crippen LogP contribution in [0.15, 0.2) is 0 Å². The molecule has 0 aromatic heterocycles. The van der Waals surface area contributed by atoms with Gasteiger partial charge in [0.15, 0.2) is 0 Å². The highest BCUT2D eigenvalue weighted by atomic mass is 32.2. The Morgan fingerprint density at radius 1 is 1.50 bits per heavy atom. The lowest BCUT2D eigenvalue weighted by Gasteiger charge is -2.22. The molecule has 0 aromatic carbocycles. The van der Waals surface area contributed by atoms with Crippen LogP contribution in [0.1, 0.15) is 13.8 Å². The number of amides is 1. The van der Waals surface area contributed by atoms with Gasteiger partial charge in [-0.2, -0.15) is 11.8 Å². The molecule has 0 aromatic rings. The summed E-state index contributed by atoms with van der Waals surface area (Å²) in [7, 11) is 0. The van der Waals surface area contributed by atoms with Crippen LogP contribution < -0.4 is 0 Å². The molecule has 4 nitrogen and oxygen atoms in total. The average molecular weight is 219 g/mol. The molecule has 82 valence electrons. The van der Waals surface area contributed by atoms with Crippen LogP contribution in [0.3, 0.4) is 0 Å². The van der Waals surface area contributed by atoms with E-state index in [1.807, 2.05) is 13.2 Å². The van der Waals surface area contributed by atoms with Crippen molar-refractivity contribution in [1.82, 2.24) is 4.90 Å². The summed E-state index contributed by atoms with van der Waals surface area (Å²) in [6.45, 7) is 3.86. The van der Waals surface area contributed by atoms with Crippen LogP contribution in [0.2, 0.25) is 0 Å². The molecular weight excluding hydrogens is 202 g/mol. The van der Waals surface area contributed by atoms with Gasteiger partial charge in [0.25, 0.3) is 0 Å². The Morgan fingerprint density at radius 2 is 2.07 bits per heavy atom. The first-order valence-electron chi connectivity index (χ1n) is 4.52. The van der Waals surface area contributed by atoms with Crippen LogP contribution in [0, 0.1) is 5.92 Å². The van der Waals surface area contributed by atoms with Gasteiger partial charge in [0, 0.05) is 18.2 Å². The van der Waals surface area contributed by atoms with E-state index in [-0.39, 0.29) is 18.4 Å². The highest BCUT2D eigenvalue weighted by Gasteiger charge is 2.20. The van der Waals surface area contributed by atoms with Gasteiger partial charge in [-0.05, 0) is 13.2 Å². The van der Waals surface area contributed by atoms with E-state index in [1.165, 1.54) is 4.90 Å². The number of carboxylic acid groups (broad SMARTS) is 1. The third-order valence-corrected chi connectivity index (χ3v) is 2.69. The summed E-state index contributed by atoms with van der Waals surface area (Å²) in [5.74, 6) is -0.417. The number of likely N-dealkylation sites (N-methyl/N-ethyl adjacent to an activating group) is 1. The Labute approximate surface area is 88.7 Å². The zero-order valence-corrected chi connectivity index (χ0v) is 9.63. The topological polar surface area (TPSA) is 57.6 Å². The molecule has 1 N–H and O–H groups in total. The molecule has 1 amide bonds. The van der Waals surface area contributed by atoms with Crippen molar-refractivity contribution >= 4 is 23.6 Å². The van der Waals surface area contributed by atoms with Gasteiger partial charge in [-0.3, -0.25) is 9.59 Å². The molecular formula is C9H17NO3S. The molecule has 14 heavy (non-hydrogen) atoms. The summed E-state index contributed by atoms with van der Waals surface area (Å²) in [4.78, 5) is 23.5. The molecule has 0 spiro atoms. The highest BCUT2D eigenvalue weighted by Crippen LogP contribution is 2.08. The van der Waals surface area contributed by atoms with Crippen molar-refractivity contribution in [3.63, 3.8) is 0 Å². The summed E-state index contributed by atoms with van der Waals surface area (Å²) < 4.78 is 0. The van der Waals surface area contributed by atoms with E-state index in [4.69, 9.17) is 5.11 Å². The lowest BCUT2D eigenvalue weighted by atomic mass is 10.2. The van der Waals surface area contributed by atoms with E-state index >= 15 is 0 Å². The molecule has 0 saturated heterocycles. The van der Waals surface area contributed by atoms with Crippen molar-refractivity contribution < 1.29 is 14.7 Å². The summed E-state index contributed by atoms with van der Waals surface area (Å²) in [6, 6.07) is 0. The minimum atomic E-state index is -0.962. The monoisotopic (exact) mass is 219 g/mol. The Hall–Kier alpha value is -0.710. The van der Waals surface area contributed by atoms with Crippen molar-refractivity contribution in [2.24, 2.45) is 5.92 Å². The smallest absolute Gasteiger partial charge is 0.323 e. The standard InChI is InChI=1S/C9H17NO3S/c1-4-10(5-8(11)12)9(13)7(2)6-14-3/h7H,4-6H2,1-3H3,(H,11,12). The molecule has 0 heterocycles. The molecule has 0 aliphatic carbocycles. The van der Waals surface area contributed by atoms with Crippen LogP contribution >= 0.6 is 11.8 Å². The van der Waals surface area contributed by atoms with Crippen molar-refractivity contribution in [2.75, 3.05) is 25.1 Å². The normalized spacial score (nSPS) is 12.2. The van der Waals surface area contributed by atoms with Gasteiger partial charge in [0.05, 0.1) is 0 Å². The Bertz CT molecular complexity index is 208. The molecule has 0 aliphatic heterocycles. The van der Waals surface area contributed by atoms with E-state index in [0.29, 0.717) is 6.54 Å². The van der Waals surface area contributed by atoms with Crippen LogP contribution in [-0.2, 0) is 9.59 Å². The van der Waals surface area contributed by atoms with E-state index < -0.39 is 5.97 Å². The maximum Gasteiger partial charge on any atom is 0.323 e. The molecule has 0 bridgehead atoms. The minimum absolute atomic E-state index is 0.0794. The average Bonchev–Trinajstić information content (AvgIpc) is 2.13. The molecule has 0 aliphatic rings. The third kappa shape index (κ3) is 4.50. The zero-order valence-electron chi connectivity index (χ0n) is 8.82. The predicted molar refractivity (Wildman–Crippen MR) is 57.4 cm³/mol. The number of hydrogen-bond acceptors (Lipinski definition) is 3. The summed E-state index contributed by atoms with van der Waals surface area (Å²) in [5.41, 5.74) is 0. The summed E-state index contributed by atoms with van der Waals surface area (Å²) in [5, 5.41) is 8.58. The first-order chi connectivity index (χ1) is 6.52. The third-order valence-electron chi connectivity index (χ3n) is 1.86. The van der Waals surface area contributed by atoms with Crippen molar-refractivity contribution in [2.45, 2.75) is 13.8 Å². The zero-order chi connectivity index (χ0) is 11.1. The molecule has 0 saturated carbocycles. The molecule has 1 unspecified atom stereocenters. The minimum Gasteiger partial charge on any atom is -0.480 e. The first kappa shape index (κ1) is 13.3. The Morgan fingerprint density at radius 3 is 2.43 bits per heavy atom. The number of aliphatic carboxylic acids is 1. The second-order valence-corrected chi connectivity index (χ2v) is 4.01. The SMILES string of the molecule is CCN(CC(=O)O)C(=O)C(C)CSC. The quantitative estimate of drug-likeness (QED) is 0.721. The number of nitrogens with zero attached hydrogens (tertiary/aromatic N) is 1. The summed E-state index contributed by atoms with van der Waals surface area (Å²) in [6.07, 6.45) is 1.93. The number of thioether (sulfide) groups is 1. The highest BCUT2D eigenvalue weighted by molar-refractivity contribution is 7.98. The van der Waals surface area contributed by atoms with Crippen LogP contribution in [0.25, 0.3) is 0 Å². The summed E-state index contributed by atoms with van der Waals surface area (Å²) >= 11 is 1.59. The van der Waals surface area contributed by atoms with Crippen molar-refractivity contribution in [3.05, 3.63) is 0 Å². The van der Waals surface area contributed by atoms with E-state index in [0.717, 1.165) is 5.75 Å². The van der Waals surface area contributed by atoms with Gasteiger partial charge in [0.1, 0.15) is 6.54 Å². The van der Waals surface area contributed by atoms with Gasteiger partial charge >= 0.3 is 5.97 Å². The van der Waals surface area contributed by atoms with Gasteiger partial charge in [-0.15, -0.1) is 0 Å². The van der Waals surface area contributed by atoms with Crippen LogP contribution in [0.5, 0.6) is 0 Å². The lowest BCUT2D eigenvalue weighted by Crippen LogP contribution is -2.39. The van der Waals surface area contributed by atoms with Crippen molar-refractivity contribution in [1.29, 1.82) is 0 Å². The van der Waals surface area contributed by atoms with Gasteiger partial charge in [0.2, 0.25) is 5.91 Å². The fraction of sp³-hybridized carbons (Fsp3) is 0.778. The van der Waals surface area contributed by atoms with E-state index in [2.05, 4.69) is 0 Å². The van der Waals surface area contributed by atoms with Gasteiger partial charge in [-0.25, -0.2) is 0 Å². The van der Waals surface area contributed by atoms with Gasteiger partial charge < -0.3 is 10.0 Å². The molecule has 0 rings (SSSR count). The number of carbonyl (C=O) groups is 2. The second-order valence-electron chi connectivity index (χ2n) is 3.10. The maximum atomic E-state index is 11.6. The molecule has 0 radical (unpaired) electrons. The maximum absolute atomic E-state index is 11.6. The largest absolute Gasteiger partial charge is 0.480 e. The Kier molecular flexibility index (Phi) is 6.36. The van der Waals surface area contributed by atoms with Crippen molar-refractivity contribution in [3.8, 4) is 0 Å². The fourth-order valence-corrected chi connectivity index (χ4v) is 1.78. The van der Waals surface area contributed by atoms with Crippen LogP contribution in [-0.4, -0.2) is 47.0 Å². The molecule has 5 heteroatoms. The number of carboxylic acids is 1. The number of carbonyl (C=O) groups excluding carboxylic acids is 1. The van der Waals surface area contributed by atoms with E-state index in [1.54, 1.807) is 18.7 Å². The molecule has 1 atom stereocenters.